The van der Waals surface area contributed by atoms with Crippen molar-refractivity contribution in [2.24, 2.45) is 17.8 Å². The number of anilines is 1. The molecular weight excluding hydrogens is 270 g/mol. The number of aromatic nitrogens is 2. The molecule has 0 aromatic carbocycles. The van der Waals surface area contributed by atoms with Crippen LogP contribution in [-0.2, 0) is 4.79 Å². The molecule has 1 fully saturated rings. The third kappa shape index (κ3) is 4.31. The number of nitrogens with zero attached hydrogens (tertiary/aromatic N) is 3. The highest BCUT2D eigenvalue weighted by molar-refractivity contribution is 5.71. The van der Waals surface area contributed by atoms with Crippen LogP contribution in [0.1, 0.15) is 27.2 Å². The minimum atomic E-state index is -0.744. The third-order valence-electron chi connectivity index (χ3n) is 3.50. The van der Waals surface area contributed by atoms with Crippen molar-refractivity contribution >= 4 is 11.8 Å². The number of rotatable bonds is 5. The topological polar surface area (TPSA) is 75.5 Å². The van der Waals surface area contributed by atoms with Gasteiger partial charge in [0.05, 0.1) is 24.9 Å². The lowest BCUT2D eigenvalue weighted by Gasteiger charge is -2.35. The highest BCUT2D eigenvalue weighted by Crippen LogP contribution is 2.26. The van der Waals surface area contributed by atoms with E-state index >= 15 is 0 Å². The molecule has 1 aromatic heterocycles. The van der Waals surface area contributed by atoms with Crippen LogP contribution in [0.2, 0.25) is 0 Å². The van der Waals surface area contributed by atoms with Gasteiger partial charge in [-0.05, 0) is 18.3 Å². The van der Waals surface area contributed by atoms with Crippen LogP contribution in [-0.4, -0.2) is 40.7 Å². The first-order chi connectivity index (χ1) is 9.95. The highest BCUT2D eigenvalue weighted by atomic mass is 16.5. The second kappa shape index (κ2) is 6.74. The molecule has 6 nitrogen and oxygen atoms in total. The maximum absolute atomic E-state index is 11.2. The van der Waals surface area contributed by atoms with Crippen molar-refractivity contribution < 1.29 is 14.6 Å². The molecule has 2 heterocycles. The molecule has 1 aliphatic heterocycles. The van der Waals surface area contributed by atoms with Gasteiger partial charge >= 0.3 is 5.97 Å². The zero-order valence-electron chi connectivity index (χ0n) is 12.8. The molecule has 2 unspecified atom stereocenters. The first-order valence-corrected chi connectivity index (χ1v) is 7.38. The standard InChI is InChI=1S/C15H23N3O3/c1-10(2)9-21-14-6-16-5-13(17-14)18-7-11(3)4-12(8-18)15(19)20/h5-6,10-12H,4,7-9H2,1-3H3,(H,19,20). The fourth-order valence-corrected chi connectivity index (χ4v) is 2.53. The molecule has 0 bridgehead atoms. The van der Waals surface area contributed by atoms with E-state index < -0.39 is 5.97 Å². The van der Waals surface area contributed by atoms with Gasteiger partial charge in [-0.2, -0.15) is 4.98 Å². The average Bonchev–Trinajstić information content (AvgIpc) is 2.44. The smallest absolute Gasteiger partial charge is 0.308 e. The number of carboxylic acids is 1. The summed E-state index contributed by atoms with van der Waals surface area (Å²) in [5.41, 5.74) is 0. The molecule has 0 aliphatic carbocycles. The van der Waals surface area contributed by atoms with Gasteiger partial charge in [0.25, 0.3) is 0 Å². The summed E-state index contributed by atoms with van der Waals surface area (Å²) in [5.74, 6) is 0.826. The molecule has 1 aliphatic rings. The van der Waals surface area contributed by atoms with Gasteiger partial charge in [0, 0.05) is 13.1 Å². The molecule has 0 saturated carbocycles. The predicted octanol–water partition coefficient (Wildman–Crippen LogP) is 2.06. The molecule has 1 aromatic rings. The molecule has 1 N–H and O–H groups in total. The lowest BCUT2D eigenvalue weighted by molar-refractivity contribution is -0.142. The van der Waals surface area contributed by atoms with Gasteiger partial charge in [-0.25, -0.2) is 0 Å². The maximum Gasteiger partial charge on any atom is 0.308 e. The second-order valence-electron chi connectivity index (χ2n) is 6.20. The summed E-state index contributed by atoms with van der Waals surface area (Å²) in [5, 5.41) is 9.23. The molecule has 2 rings (SSSR count). The van der Waals surface area contributed by atoms with Crippen molar-refractivity contribution in [2.45, 2.75) is 27.2 Å². The number of carbonyl (C=O) groups is 1. The molecular formula is C15H23N3O3. The van der Waals surface area contributed by atoms with Crippen LogP contribution in [0.4, 0.5) is 5.82 Å². The number of hydrogen-bond acceptors (Lipinski definition) is 5. The summed E-state index contributed by atoms with van der Waals surface area (Å²) in [6, 6.07) is 0. The molecule has 1 saturated heterocycles. The molecule has 0 amide bonds. The summed E-state index contributed by atoms with van der Waals surface area (Å²) in [7, 11) is 0. The van der Waals surface area contributed by atoms with Crippen LogP contribution < -0.4 is 9.64 Å². The Morgan fingerprint density at radius 3 is 2.90 bits per heavy atom. The van der Waals surface area contributed by atoms with Gasteiger partial charge in [-0.15, -0.1) is 0 Å². The molecule has 21 heavy (non-hydrogen) atoms. The van der Waals surface area contributed by atoms with Crippen LogP contribution in [0, 0.1) is 17.8 Å². The third-order valence-corrected chi connectivity index (χ3v) is 3.50. The summed E-state index contributed by atoms with van der Waals surface area (Å²) in [6.45, 7) is 8.07. The van der Waals surface area contributed by atoms with E-state index in [1.165, 1.54) is 0 Å². The average molecular weight is 293 g/mol. The van der Waals surface area contributed by atoms with Crippen LogP contribution in [0.25, 0.3) is 0 Å². The quantitative estimate of drug-likeness (QED) is 0.895. The van der Waals surface area contributed by atoms with E-state index in [-0.39, 0.29) is 5.92 Å². The second-order valence-corrected chi connectivity index (χ2v) is 6.20. The summed E-state index contributed by atoms with van der Waals surface area (Å²) in [6.07, 6.45) is 3.97. The van der Waals surface area contributed by atoms with E-state index in [0.29, 0.717) is 43.1 Å². The van der Waals surface area contributed by atoms with Crippen molar-refractivity contribution in [1.29, 1.82) is 0 Å². The summed E-state index contributed by atoms with van der Waals surface area (Å²) in [4.78, 5) is 21.8. The number of ether oxygens (including phenoxy) is 1. The van der Waals surface area contributed by atoms with Gasteiger partial charge in [0.1, 0.15) is 0 Å². The van der Waals surface area contributed by atoms with Crippen molar-refractivity contribution in [3.8, 4) is 5.88 Å². The maximum atomic E-state index is 11.2. The monoisotopic (exact) mass is 293 g/mol. The minimum absolute atomic E-state index is 0.321. The Morgan fingerprint density at radius 1 is 1.48 bits per heavy atom. The Hall–Kier alpha value is -1.85. The Morgan fingerprint density at radius 2 is 2.24 bits per heavy atom. The Labute approximate surface area is 125 Å². The van der Waals surface area contributed by atoms with Crippen LogP contribution in [0.15, 0.2) is 12.4 Å². The Bertz CT molecular complexity index is 493. The van der Waals surface area contributed by atoms with Crippen LogP contribution in [0.3, 0.4) is 0 Å². The lowest BCUT2D eigenvalue weighted by Crippen LogP contribution is -2.43. The van der Waals surface area contributed by atoms with Crippen molar-refractivity contribution in [2.75, 3.05) is 24.6 Å². The van der Waals surface area contributed by atoms with E-state index in [1.807, 2.05) is 4.90 Å². The lowest BCUT2D eigenvalue weighted by atomic mass is 9.90. The van der Waals surface area contributed by atoms with Gasteiger partial charge < -0.3 is 14.7 Å². The SMILES string of the molecule is CC(C)COc1cncc(N2CC(C)CC(C(=O)O)C2)n1. The molecule has 6 heteroatoms. The fourth-order valence-electron chi connectivity index (χ4n) is 2.53. The highest BCUT2D eigenvalue weighted by Gasteiger charge is 2.30. The van der Waals surface area contributed by atoms with E-state index in [2.05, 4.69) is 30.7 Å². The zero-order chi connectivity index (χ0) is 15.4. The van der Waals surface area contributed by atoms with Crippen molar-refractivity contribution in [3.63, 3.8) is 0 Å². The van der Waals surface area contributed by atoms with Gasteiger partial charge in [0.15, 0.2) is 5.82 Å². The first kappa shape index (κ1) is 15.5. The Balaban J connectivity index is 2.09. The zero-order valence-corrected chi connectivity index (χ0v) is 12.8. The van der Waals surface area contributed by atoms with E-state index in [9.17, 15) is 9.90 Å². The fraction of sp³-hybridized carbons (Fsp3) is 0.667. The number of carboxylic acid groups (broad SMARTS) is 1. The van der Waals surface area contributed by atoms with Crippen LogP contribution >= 0.6 is 0 Å². The normalized spacial score (nSPS) is 22.4. The number of hydrogen-bond donors (Lipinski definition) is 1. The number of piperidine rings is 1. The van der Waals surface area contributed by atoms with Gasteiger partial charge in [-0.1, -0.05) is 20.8 Å². The molecule has 116 valence electrons. The van der Waals surface area contributed by atoms with Crippen molar-refractivity contribution in [3.05, 3.63) is 12.4 Å². The molecule has 0 radical (unpaired) electrons. The van der Waals surface area contributed by atoms with E-state index in [4.69, 9.17) is 4.74 Å². The predicted molar refractivity (Wildman–Crippen MR) is 79.5 cm³/mol. The Kier molecular flexibility index (Phi) is 4.98. The van der Waals surface area contributed by atoms with E-state index in [0.717, 1.165) is 6.54 Å². The molecule has 2 atom stereocenters. The number of aliphatic carboxylic acids is 1. The largest absolute Gasteiger partial charge is 0.481 e. The van der Waals surface area contributed by atoms with Crippen LogP contribution in [0.5, 0.6) is 5.88 Å². The van der Waals surface area contributed by atoms with Gasteiger partial charge in [-0.3, -0.25) is 9.78 Å². The summed E-state index contributed by atoms with van der Waals surface area (Å²) >= 11 is 0. The first-order valence-electron chi connectivity index (χ1n) is 7.38. The summed E-state index contributed by atoms with van der Waals surface area (Å²) < 4.78 is 5.58. The van der Waals surface area contributed by atoms with Gasteiger partial charge in [0.2, 0.25) is 5.88 Å². The molecule has 0 spiro atoms. The van der Waals surface area contributed by atoms with E-state index in [1.54, 1.807) is 12.4 Å². The minimum Gasteiger partial charge on any atom is -0.481 e. The van der Waals surface area contributed by atoms with Crippen molar-refractivity contribution in [1.82, 2.24) is 9.97 Å².